The van der Waals surface area contributed by atoms with Gasteiger partial charge in [-0.2, -0.15) is 0 Å². The van der Waals surface area contributed by atoms with Gasteiger partial charge in [-0.25, -0.2) is 0 Å². The first-order valence-corrected chi connectivity index (χ1v) is 7.29. The molecule has 4 heteroatoms. The molecule has 1 aliphatic carbocycles. The summed E-state index contributed by atoms with van der Waals surface area (Å²) >= 11 is 0. The zero-order chi connectivity index (χ0) is 12.8. The van der Waals surface area contributed by atoms with E-state index in [1.807, 2.05) is 4.90 Å². The first-order chi connectivity index (χ1) is 8.81. The summed E-state index contributed by atoms with van der Waals surface area (Å²) in [5.41, 5.74) is 0. The molecule has 18 heavy (non-hydrogen) atoms. The van der Waals surface area contributed by atoms with E-state index < -0.39 is 0 Å². The van der Waals surface area contributed by atoms with Gasteiger partial charge in [-0.1, -0.05) is 32.1 Å². The molecule has 0 aromatic heterocycles. The predicted octanol–water partition coefficient (Wildman–Crippen LogP) is 1.57. The van der Waals surface area contributed by atoms with E-state index in [9.17, 15) is 9.90 Å². The van der Waals surface area contributed by atoms with Crippen LogP contribution in [0.15, 0.2) is 0 Å². The van der Waals surface area contributed by atoms with Gasteiger partial charge < -0.3 is 14.7 Å². The van der Waals surface area contributed by atoms with Crippen molar-refractivity contribution in [2.75, 3.05) is 26.4 Å². The van der Waals surface area contributed by atoms with E-state index in [4.69, 9.17) is 4.74 Å². The average Bonchev–Trinajstić information content (AvgIpc) is 2.45. The van der Waals surface area contributed by atoms with Crippen molar-refractivity contribution >= 4 is 5.91 Å². The Balaban J connectivity index is 1.75. The minimum absolute atomic E-state index is 0.00910. The number of morpholine rings is 1. The molecule has 2 fully saturated rings. The van der Waals surface area contributed by atoms with Crippen molar-refractivity contribution in [2.24, 2.45) is 5.92 Å². The molecule has 4 nitrogen and oxygen atoms in total. The fourth-order valence-corrected chi connectivity index (χ4v) is 3.08. The Bertz CT molecular complexity index is 264. The third kappa shape index (κ3) is 3.69. The van der Waals surface area contributed by atoms with Gasteiger partial charge in [0, 0.05) is 13.0 Å². The fraction of sp³-hybridized carbons (Fsp3) is 0.929. The highest BCUT2D eigenvalue weighted by molar-refractivity contribution is 5.76. The van der Waals surface area contributed by atoms with Gasteiger partial charge in [0.1, 0.15) is 0 Å². The van der Waals surface area contributed by atoms with Crippen LogP contribution in [0, 0.1) is 5.92 Å². The van der Waals surface area contributed by atoms with E-state index in [1.165, 1.54) is 32.1 Å². The topological polar surface area (TPSA) is 49.8 Å². The van der Waals surface area contributed by atoms with Crippen LogP contribution in [0.4, 0.5) is 0 Å². The number of aliphatic hydroxyl groups excluding tert-OH is 1. The molecule has 0 radical (unpaired) electrons. The van der Waals surface area contributed by atoms with E-state index in [-0.39, 0.29) is 18.6 Å². The maximum atomic E-state index is 12.2. The number of nitrogens with zero attached hydrogens (tertiary/aromatic N) is 1. The van der Waals surface area contributed by atoms with Gasteiger partial charge in [-0.3, -0.25) is 4.79 Å². The lowest BCUT2D eigenvalue weighted by atomic mass is 9.86. The van der Waals surface area contributed by atoms with Crippen LogP contribution in [0.25, 0.3) is 0 Å². The highest BCUT2D eigenvalue weighted by Crippen LogP contribution is 2.27. The first-order valence-electron chi connectivity index (χ1n) is 7.29. The summed E-state index contributed by atoms with van der Waals surface area (Å²) in [5.74, 6) is 0.944. The SMILES string of the molecule is O=C(CCC1CCCCC1)N1CCOC[C@H]1CO. The van der Waals surface area contributed by atoms with Gasteiger partial charge in [0.05, 0.1) is 25.9 Å². The Morgan fingerprint density at radius 3 is 2.78 bits per heavy atom. The van der Waals surface area contributed by atoms with E-state index >= 15 is 0 Å². The van der Waals surface area contributed by atoms with Crippen molar-refractivity contribution in [3.63, 3.8) is 0 Å². The van der Waals surface area contributed by atoms with Crippen LogP contribution in [0.3, 0.4) is 0 Å². The van der Waals surface area contributed by atoms with Crippen LogP contribution in [0.1, 0.15) is 44.9 Å². The lowest BCUT2D eigenvalue weighted by molar-refractivity contribution is -0.142. The normalized spacial score (nSPS) is 26.3. The van der Waals surface area contributed by atoms with Crippen molar-refractivity contribution in [1.82, 2.24) is 4.90 Å². The Morgan fingerprint density at radius 2 is 2.06 bits per heavy atom. The highest BCUT2D eigenvalue weighted by atomic mass is 16.5. The maximum Gasteiger partial charge on any atom is 0.223 e. The molecule has 2 aliphatic rings. The molecule has 0 unspecified atom stereocenters. The van der Waals surface area contributed by atoms with Gasteiger partial charge >= 0.3 is 0 Å². The molecule has 104 valence electrons. The van der Waals surface area contributed by atoms with Crippen molar-refractivity contribution in [2.45, 2.75) is 51.0 Å². The molecule has 2 rings (SSSR count). The van der Waals surface area contributed by atoms with Crippen LogP contribution in [-0.2, 0) is 9.53 Å². The number of hydrogen-bond acceptors (Lipinski definition) is 3. The van der Waals surface area contributed by atoms with Gasteiger partial charge in [0.2, 0.25) is 5.91 Å². The number of aliphatic hydroxyl groups is 1. The van der Waals surface area contributed by atoms with E-state index in [0.717, 1.165) is 12.3 Å². The van der Waals surface area contributed by atoms with Crippen molar-refractivity contribution in [3.8, 4) is 0 Å². The van der Waals surface area contributed by atoms with Crippen LogP contribution in [0.5, 0.6) is 0 Å². The maximum absolute atomic E-state index is 12.2. The molecule has 0 spiro atoms. The van der Waals surface area contributed by atoms with Gasteiger partial charge in [-0.15, -0.1) is 0 Å². The molecule has 1 saturated heterocycles. The summed E-state index contributed by atoms with van der Waals surface area (Å²) in [6, 6.07) is -0.127. The predicted molar refractivity (Wildman–Crippen MR) is 69.2 cm³/mol. The number of hydrogen-bond donors (Lipinski definition) is 1. The average molecular weight is 255 g/mol. The van der Waals surface area contributed by atoms with Crippen molar-refractivity contribution in [1.29, 1.82) is 0 Å². The minimum Gasteiger partial charge on any atom is -0.394 e. The zero-order valence-corrected chi connectivity index (χ0v) is 11.1. The second-order valence-electron chi connectivity index (χ2n) is 5.54. The van der Waals surface area contributed by atoms with Gasteiger partial charge in [-0.05, 0) is 12.3 Å². The number of carbonyl (C=O) groups excluding carboxylic acids is 1. The van der Waals surface area contributed by atoms with Crippen LogP contribution >= 0.6 is 0 Å². The molecule has 1 amide bonds. The number of rotatable bonds is 4. The zero-order valence-electron chi connectivity index (χ0n) is 11.1. The van der Waals surface area contributed by atoms with E-state index in [1.54, 1.807) is 0 Å². The number of carbonyl (C=O) groups is 1. The van der Waals surface area contributed by atoms with Crippen LogP contribution in [0.2, 0.25) is 0 Å². The lowest BCUT2D eigenvalue weighted by Crippen LogP contribution is -2.50. The monoisotopic (exact) mass is 255 g/mol. The summed E-state index contributed by atoms with van der Waals surface area (Å²) in [6.45, 7) is 1.72. The Labute approximate surface area is 109 Å². The molecule has 1 N–H and O–H groups in total. The van der Waals surface area contributed by atoms with Crippen LogP contribution in [-0.4, -0.2) is 48.3 Å². The summed E-state index contributed by atoms with van der Waals surface area (Å²) < 4.78 is 5.29. The second kappa shape index (κ2) is 7.10. The van der Waals surface area contributed by atoms with Crippen molar-refractivity contribution in [3.05, 3.63) is 0 Å². The largest absolute Gasteiger partial charge is 0.394 e. The Kier molecular flexibility index (Phi) is 5.45. The number of ether oxygens (including phenoxy) is 1. The first kappa shape index (κ1) is 13.8. The van der Waals surface area contributed by atoms with E-state index in [0.29, 0.717) is 26.2 Å². The van der Waals surface area contributed by atoms with Crippen molar-refractivity contribution < 1.29 is 14.6 Å². The molecular weight excluding hydrogens is 230 g/mol. The molecule has 1 aliphatic heterocycles. The summed E-state index contributed by atoms with van der Waals surface area (Å²) in [6.07, 6.45) is 8.26. The molecule has 0 aromatic rings. The molecule has 1 heterocycles. The highest BCUT2D eigenvalue weighted by Gasteiger charge is 2.27. The smallest absolute Gasteiger partial charge is 0.223 e. The number of amides is 1. The summed E-state index contributed by atoms with van der Waals surface area (Å²) in [4.78, 5) is 14.0. The fourth-order valence-electron chi connectivity index (χ4n) is 3.08. The molecule has 1 saturated carbocycles. The molecular formula is C14H25NO3. The summed E-state index contributed by atoms with van der Waals surface area (Å²) in [5, 5.41) is 9.25. The molecule has 1 atom stereocenters. The minimum atomic E-state index is -0.127. The Morgan fingerprint density at radius 1 is 1.28 bits per heavy atom. The van der Waals surface area contributed by atoms with Crippen LogP contribution < -0.4 is 0 Å². The second-order valence-corrected chi connectivity index (χ2v) is 5.54. The van der Waals surface area contributed by atoms with Gasteiger partial charge in [0.25, 0.3) is 0 Å². The summed E-state index contributed by atoms with van der Waals surface area (Å²) in [7, 11) is 0. The molecule has 0 bridgehead atoms. The third-order valence-electron chi connectivity index (χ3n) is 4.25. The van der Waals surface area contributed by atoms with E-state index in [2.05, 4.69) is 0 Å². The third-order valence-corrected chi connectivity index (χ3v) is 4.25. The molecule has 0 aromatic carbocycles. The Hall–Kier alpha value is -0.610. The lowest BCUT2D eigenvalue weighted by Gasteiger charge is -2.35. The quantitative estimate of drug-likeness (QED) is 0.829. The standard InChI is InChI=1S/C14H25NO3/c16-10-13-11-18-9-8-15(13)14(17)7-6-12-4-2-1-3-5-12/h12-13,16H,1-11H2/t13-/m1/s1. The van der Waals surface area contributed by atoms with Gasteiger partial charge in [0.15, 0.2) is 0 Å².